The predicted octanol–water partition coefficient (Wildman–Crippen LogP) is 1.33. The maximum absolute atomic E-state index is 11.4. The molecule has 0 aliphatic rings. The fraction of sp³-hybridized carbons (Fsp3) is 1.00. The van der Waals surface area contributed by atoms with Gasteiger partial charge in [0, 0.05) is 17.9 Å². The number of hydrogen-bond acceptors (Lipinski definition) is 1. The first kappa shape index (κ1) is 8.37. The lowest BCUT2D eigenvalue weighted by Gasteiger charge is -2.06. The van der Waals surface area contributed by atoms with E-state index in [1.165, 1.54) is 0 Å². The third kappa shape index (κ3) is 4.53. The van der Waals surface area contributed by atoms with Crippen LogP contribution in [0.3, 0.4) is 0 Å². The Morgan fingerprint density at radius 3 is 2.75 bits per heavy atom. The van der Waals surface area contributed by atoms with Crippen LogP contribution in [-0.4, -0.2) is 24.6 Å². The van der Waals surface area contributed by atoms with Crippen molar-refractivity contribution in [2.45, 2.75) is 13.0 Å². The van der Waals surface area contributed by atoms with Gasteiger partial charge in [-0.25, -0.2) is 4.39 Å². The number of halogens is 2. The molecule has 0 radical (unpaired) electrons. The van der Waals surface area contributed by atoms with Crippen molar-refractivity contribution in [1.29, 1.82) is 0 Å². The van der Waals surface area contributed by atoms with Crippen LogP contribution in [0.15, 0.2) is 0 Å². The molecular formula is C5H11BrFN. The second kappa shape index (κ2) is 5.51. The molecule has 0 aromatic heterocycles. The minimum absolute atomic E-state index is 0.280. The van der Waals surface area contributed by atoms with Crippen LogP contribution >= 0.6 is 15.9 Å². The van der Waals surface area contributed by atoms with Crippen LogP contribution in [0.1, 0.15) is 6.92 Å². The first-order valence-corrected chi connectivity index (χ1v) is 3.78. The van der Waals surface area contributed by atoms with Gasteiger partial charge in [-0.05, 0) is 6.92 Å². The van der Waals surface area contributed by atoms with Crippen molar-refractivity contribution in [1.82, 2.24) is 5.32 Å². The highest BCUT2D eigenvalue weighted by Gasteiger charge is 1.94. The molecule has 50 valence electrons. The molecular weight excluding hydrogens is 173 g/mol. The molecule has 1 nitrogen and oxygen atoms in total. The molecule has 0 heterocycles. The summed E-state index contributed by atoms with van der Waals surface area (Å²) in [5, 5.41) is 3.84. The molecule has 3 heteroatoms. The summed E-state index contributed by atoms with van der Waals surface area (Å²) >= 11 is 3.26. The molecule has 8 heavy (non-hydrogen) atoms. The van der Waals surface area contributed by atoms with Crippen molar-refractivity contribution in [2.75, 3.05) is 18.5 Å². The van der Waals surface area contributed by atoms with Crippen LogP contribution < -0.4 is 5.32 Å². The molecule has 0 fully saturated rings. The van der Waals surface area contributed by atoms with E-state index in [4.69, 9.17) is 0 Å². The molecule has 1 atom stereocenters. The van der Waals surface area contributed by atoms with E-state index in [2.05, 4.69) is 21.2 Å². The summed E-state index contributed by atoms with van der Waals surface area (Å²) in [6.07, 6.45) is 0. The second-order valence-electron chi connectivity index (χ2n) is 1.70. The summed E-state index contributed by atoms with van der Waals surface area (Å²) in [6, 6.07) is 0.380. The lowest BCUT2D eigenvalue weighted by Crippen LogP contribution is -2.28. The fourth-order valence-corrected chi connectivity index (χ4v) is 0.584. The highest BCUT2D eigenvalue weighted by atomic mass is 79.9. The second-order valence-corrected chi connectivity index (χ2v) is 2.35. The SMILES string of the molecule is CC(CBr)NCCF. The van der Waals surface area contributed by atoms with E-state index in [-0.39, 0.29) is 6.67 Å². The summed E-state index contributed by atoms with van der Waals surface area (Å²) in [5.41, 5.74) is 0. The summed E-state index contributed by atoms with van der Waals surface area (Å²) in [7, 11) is 0. The summed E-state index contributed by atoms with van der Waals surface area (Å²) in [5.74, 6) is 0. The van der Waals surface area contributed by atoms with Crippen LogP contribution in [0.25, 0.3) is 0 Å². The Hall–Kier alpha value is 0.370. The van der Waals surface area contributed by atoms with Gasteiger partial charge in [0.15, 0.2) is 0 Å². The van der Waals surface area contributed by atoms with E-state index < -0.39 is 0 Å². The van der Waals surface area contributed by atoms with Gasteiger partial charge in [0.1, 0.15) is 6.67 Å². The van der Waals surface area contributed by atoms with E-state index in [9.17, 15) is 4.39 Å². The highest BCUT2D eigenvalue weighted by Crippen LogP contribution is 1.86. The van der Waals surface area contributed by atoms with Crippen molar-refractivity contribution in [3.63, 3.8) is 0 Å². The monoisotopic (exact) mass is 183 g/mol. The largest absolute Gasteiger partial charge is 0.311 e. The van der Waals surface area contributed by atoms with Gasteiger partial charge in [-0.2, -0.15) is 0 Å². The van der Waals surface area contributed by atoms with Crippen LogP contribution in [0.5, 0.6) is 0 Å². The first-order valence-electron chi connectivity index (χ1n) is 2.66. The van der Waals surface area contributed by atoms with Crippen molar-refractivity contribution in [3.8, 4) is 0 Å². The Bertz CT molecular complexity index is 51.7. The standard InChI is InChI=1S/C5H11BrFN/c1-5(4-6)8-3-2-7/h5,8H,2-4H2,1H3. The Morgan fingerprint density at radius 2 is 2.38 bits per heavy atom. The molecule has 1 N–H and O–H groups in total. The average molecular weight is 184 g/mol. The third-order valence-electron chi connectivity index (χ3n) is 0.819. The summed E-state index contributed by atoms with van der Waals surface area (Å²) in [6.45, 7) is 2.19. The maximum Gasteiger partial charge on any atom is 0.102 e. The molecule has 0 aromatic carbocycles. The van der Waals surface area contributed by atoms with Gasteiger partial charge in [0.2, 0.25) is 0 Å². The maximum atomic E-state index is 11.4. The van der Waals surface area contributed by atoms with Gasteiger partial charge in [-0.15, -0.1) is 0 Å². The molecule has 0 bridgehead atoms. The van der Waals surface area contributed by atoms with E-state index >= 15 is 0 Å². The highest BCUT2D eigenvalue weighted by molar-refractivity contribution is 9.09. The zero-order chi connectivity index (χ0) is 6.41. The number of alkyl halides is 2. The minimum atomic E-state index is -0.280. The third-order valence-corrected chi connectivity index (χ3v) is 1.79. The fourth-order valence-electron chi connectivity index (χ4n) is 0.356. The zero-order valence-corrected chi connectivity index (χ0v) is 6.54. The van der Waals surface area contributed by atoms with Gasteiger partial charge in [-0.3, -0.25) is 0 Å². The minimum Gasteiger partial charge on any atom is -0.311 e. The average Bonchev–Trinajstić information content (AvgIpc) is 1.83. The van der Waals surface area contributed by atoms with Gasteiger partial charge < -0.3 is 5.32 Å². The van der Waals surface area contributed by atoms with Crippen molar-refractivity contribution < 1.29 is 4.39 Å². The van der Waals surface area contributed by atoms with Crippen molar-refractivity contribution in [3.05, 3.63) is 0 Å². The van der Waals surface area contributed by atoms with Gasteiger partial charge in [0.25, 0.3) is 0 Å². The Kier molecular flexibility index (Phi) is 5.76. The molecule has 0 amide bonds. The molecule has 1 unspecified atom stereocenters. The number of hydrogen-bond donors (Lipinski definition) is 1. The summed E-state index contributed by atoms with van der Waals surface area (Å²) < 4.78 is 11.4. The zero-order valence-electron chi connectivity index (χ0n) is 4.95. The quantitative estimate of drug-likeness (QED) is 0.650. The van der Waals surface area contributed by atoms with Crippen LogP contribution in [-0.2, 0) is 0 Å². The van der Waals surface area contributed by atoms with Crippen molar-refractivity contribution in [2.24, 2.45) is 0 Å². The summed E-state index contributed by atoms with van der Waals surface area (Å²) in [4.78, 5) is 0. The lowest BCUT2D eigenvalue weighted by atomic mass is 10.4. The van der Waals surface area contributed by atoms with Crippen molar-refractivity contribution >= 4 is 15.9 Å². The van der Waals surface area contributed by atoms with Gasteiger partial charge in [-0.1, -0.05) is 15.9 Å². The Morgan fingerprint density at radius 1 is 1.75 bits per heavy atom. The van der Waals surface area contributed by atoms with Gasteiger partial charge in [0.05, 0.1) is 0 Å². The molecule has 0 spiro atoms. The van der Waals surface area contributed by atoms with E-state index in [1.807, 2.05) is 6.92 Å². The molecule has 0 aromatic rings. The number of nitrogens with one attached hydrogen (secondary N) is 1. The molecule has 0 saturated heterocycles. The van der Waals surface area contributed by atoms with Crippen LogP contribution in [0.4, 0.5) is 4.39 Å². The van der Waals surface area contributed by atoms with E-state index in [0.717, 1.165) is 5.33 Å². The lowest BCUT2D eigenvalue weighted by molar-refractivity contribution is 0.451. The Labute approximate surface area is 57.8 Å². The normalized spacial score (nSPS) is 13.9. The van der Waals surface area contributed by atoms with E-state index in [1.54, 1.807) is 0 Å². The van der Waals surface area contributed by atoms with Gasteiger partial charge >= 0.3 is 0 Å². The topological polar surface area (TPSA) is 12.0 Å². The first-order chi connectivity index (χ1) is 3.81. The number of rotatable bonds is 4. The molecule has 0 aliphatic carbocycles. The molecule has 0 saturated carbocycles. The molecule has 0 aliphatic heterocycles. The molecule has 0 rings (SSSR count). The Balaban J connectivity index is 2.86. The van der Waals surface area contributed by atoms with Crippen LogP contribution in [0, 0.1) is 0 Å². The smallest absolute Gasteiger partial charge is 0.102 e. The van der Waals surface area contributed by atoms with Crippen LogP contribution in [0.2, 0.25) is 0 Å². The van der Waals surface area contributed by atoms with E-state index in [0.29, 0.717) is 12.6 Å². The predicted molar refractivity (Wildman–Crippen MR) is 37.2 cm³/mol.